The van der Waals surface area contributed by atoms with Crippen LogP contribution in [0.2, 0.25) is 0 Å². The minimum Gasteiger partial charge on any atom is -0.382 e. The maximum atomic E-state index is 12.1. The van der Waals surface area contributed by atoms with Crippen LogP contribution in [0.1, 0.15) is 42.5 Å². The molecule has 0 spiro atoms. The van der Waals surface area contributed by atoms with Crippen LogP contribution >= 0.6 is 0 Å². The number of ketones is 1. The molecule has 1 aliphatic carbocycles. The molecule has 0 unspecified atom stereocenters. The van der Waals surface area contributed by atoms with Crippen molar-refractivity contribution in [2.75, 3.05) is 0 Å². The van der Waals surface area contributed by atoms with Crippen molar-refractivity contribution in [3.05, 3.63) is 35.9 Å². The van der Waals surface area contributed by atoms with Crippen molar-refractivity contribution in [2.45, 2.75) is 37.7 Å². The lowest BCUT2D eigenvalue weighted by Gasteiger charge is -2.30. The van der Waals surface area contributed by atoms with Crippen LogP contribution in [-0.2, 0) is 4.79 Å². The Labute approximate surface area is 106 Å². The van der Waals surface area contributed by atoms with Crippen LogP contribution in [0.15, 0.2) is 30.3 Å². The standard InChI is InChI=1S/C13H16O2.CHNO/c14-12(11-7-3-1-4-8-11)13(15)9-5-2-6-10-13;2-1-3/h1,3-4,7-8,15H,2,5-6,9-10H2;2H. The number of carbonyl (C=O) groups is 1. The van der Waals surface area contributed by atoms with Gasteiger partial charge in [-0.05, 0) is 12.8 Å². The molecule has 4 nitrogen and oxygen atoms in total. The monoisotopic (exact) mass is 247 g/mol. The lowest BCUT2D eigenvalue weighted by Crippen LogP contribution is -2.40. The zero-order valence-electron chi connectivity index (χ0n) is 10.2. The van der Waals surface area contributed by atoms with Crippen molar-refractivity contribution in [1.82, 2.24) is 0 Å². The molecule has 1 fully saturated rings. The molecule has 0 aromatic heterocycles. The molecule has 96 valence electrons. The van der Waals surface area contributed by atoms with E-state index in [-0.39, 0.29) is 5.78 Å². The SMILES string of the molecule is N=C=O.O=C(c1ccccc1)C1(O)CCCCC1. The topological polar surface area (TPSA) is 78.2 Å². The van der Waals surface area contributed by atoms with E-state index in [1.165, 1.54) is 0 Å². The molecule has 0 amide bonds. The molecule has 1 aliphatic rings. The van der Waals surface area contributed by atoms with E-state index >= 15 is 0 Å². The summed E-state index contributed by atoms with van der Waals surface area (Å²) in [6.45, 7) is 0. The Morgan fingerprint density at radius 2 is 1.67 bits per heavy atom. The predicted molar refractivity (Wildman–Crippen MR) is 67.2 cm³/mol. The molecular weight excluding hydrogens is 230 g/mol. The minimum absolute atomic E-state index is 0.109. The van der Waals surface area contributed by atoms with E-state index < -0.39 is 5.60 Å². The molecule has 1 saturated carbocycles. The van der Waals surface area contributed by atoms with Gasteiger partial charge in [-0.2, -0.15) is 0 Å². The maximum Gasteiger partial charge on any atom is 0.231 e. The summed E-state index contributed by atoms with van der Waals surface area (Å²) in [5.41, 5.74) is -0.471. The number of hydrogen-bond donors (Lipinski definition) is 2. The van der Waals surface area contributed by atoms with Gasteiger partial charge in [0.1, 0.15) is 5.60 Å². The predicted octanol–water partition coefficient (Wildman–Crippen LogP) is 2.47. The number of aliphatic hydroxyl groups is 1. The van der Waals surface area contributed by atoms with Gasteiger partial charge in [0.2, 0.25) is 6.08 Å². The Bertz CT molecular complexity index is 416. The second kappa shape index (κ2) is 6.84. The van der Waals surface area contributed by atoms with Gasteiger partial charge in [0, 0.05) is 5.56 Å². The zero-order chi connectivity index (χ0) is 13.4. The molecule has 0 aliphatic heterocycles. The van der Waals surface area contributed by atoms with E-state index in [0.29, 0.717) is 18.4 Å². The second-order valence-corrected chi connectivity index (χ2v) is 4.39. The van der Waals surface area contributed by atoms with E-state index in [2.05, 4.69) is 0 Å². The van der Waals surface area contributed by atoms with Crippen molar-refractivity contribution in [3.8, 4) is 0 Å². The molecule has 0 radical (unpaired) electrons. The van der Waals surface area contributed by atoms with Crippen LogP contribution in [0.5, 0.6) is 0 Å². The van der Waals surface area contributed by atoms with Gasteiger partial charge in [0.15, 0.2) is 5.78 Å². The summed E-state index contributed by atoms with van der Waals surface area (Å²) >= 11 is 0. The lowest BCUT2D eigenvalue weighted by atomic mass is 9.79. The molecule has 1 aromatic carbocycles. The lowest BCUT2D eigenvalue weighted by molar-refractivity contribution is 0.0116. The summed E-state index contributed by atoms with van der Waals surface area (Å²) < 4.78 is 0. The van der Waals surface area contributed by atoms with Gasteiger partial charge in [0.25, 0.3) is 0 Å². The molecule has 0 heterocycles. The number of hydrogen-bond acceptors (Lipinski definition) is 4. The summed E-state index contributed by atoms with van der Waals surface area (Å²) in [6.07, 6.45) is 5.01. The van der Waals surface area contributed by atoms with Gasteiger partial charge in [-0.15, -0.1) is 0 Å². The molecule has 0 atom stereocenters. The molecule has 0 bridgehead atoms. The smallest absolute Gasteiger partial charge is 0.231 e. The van der Waals surface area contributed by atoms with Crippen molar-refractivity contribution in [3.63, 3.8) is 0 Å². The Hall–Kier alpha value is -1.77. The molecular formula is C14H17NO3. The fraction of sp³-hybridized carbons (Fsp3) is 0.429. The number of carbonyl (C=O) groups excluding carboxylic acids is 2. The van der Waals surface area contributed by atoms with Crippen LogP contribution in [0.25, 0.3) is 0 Å². The van der Waals surface area contributed by atoms with Crippen LogP contribution in [-0.4, -0.2) is 22.6 Å². The van der Waals surface area contributed by atoms with Gasteiger partial charge in [-0.1, -0.05) is 49.6 Å². The van der Waals surface area contributed by atoms with Gasteiger partial charge in [-0.3, -0.25) is 4.79 Å². The fourth-order valence-electron chi connectivity index (χ4n) is 2.22. The van der Waals surface area contributed by atoms with Gasteiger partial charge in [-0.25, -0.2) is 10.2 Å². The maximum absolute atomic E-state index is 12.1. The molecule has 1 aromatic rings. The third-order valence-electron chi connectivity index (χ3n) is 3.14. The van der Waals surface area contributed by atoms with Crippen molar-refractivity contribution in [2.24, 2.45) is 0 Å². The number of benzene rings is 1. The highest BCUT2D eigenvalue weighted by Crippen LogP contribution is 2.30. The highest BCUT2D eigenvalue weighted by Gasteiger charge is 2.37. The molecule has 2 rings (SSSR count). The van der Waals surface area contributed by atoms with E-state index in [9.17, 15) is 9.90 Å². The first-order chi connectivity index (χ1) is 8.64. The molecule has 18 heavy (non-hydrogen) atoms. The summed E-state index contributed by atoms with van der Waals surface area (Å²) in [5, 5.41) is 15.6. The van der Waals surface area contributed by atoms with E-state index in [4.69, 9.17) is 10.2 Å². The molecule has 0 saturated heterocycles. The Kier molecular flexibility index (Phi) is 5.43. The average Bonchev–Trinajstić information content (AvgIpc) is 2.41. The Morgan fingerprint density at radius 3 is 2.17 bits per heavy atom. The van der Waals surface area contributed by atoms with Gasteiger partial charge >= 0.3 is 0 Å². The van der Waals surface area contributed by atoms with Crippen LogP contribution < -0.4 is 0 Å². The first kappa shape index (κ1) is 14.3. The third-order valence-corrected chi connectivity index (χ3v) is 3.14. The van der Waals surface area contributed by atoms with Crippen molar-refractivity contribution >= 4 is 11.9 Å². The first-order valence-electron chi connectivity index (χ1n) is 6.00. The van der Waals surface area contributed by atoms with Gasteiger partial charge in [0.05, 0.1) is 0 Å². The van der Waals surface area contributed by atoms with E-state index in [1.807, 2.05) is 18.2 Å². The first-order valence-corrected chi connectivity index (χ1v) is 6.00. The summed E-state index contributed by atoms with van der Waals surface area (Å²) in [7, 11) is 0. The normalized spacial score (nSPS) is 16.9. The summed E-state index contributed by atoms with van der Waals surface area (Å²) in [5.74, 6) is -0.109. The Morgan fingerprint density at radius 1 is 1.17 bits per heavy atom. The summed E-state index contributed by atoms with van der Waals surface area (Å²) in [4.78, 5) is 20.4. The van der Waals surface area contributed by atoms with Gasteiger partial charge < -0.3 is 5.11 Å². The Balaban J connectivity index is 0.000000492. The number of Topliss-reactive ketones (excluding diaryl/α,β-unsaturated/α-hetero) is 1. The molecule has 4 heteroatoms. The molecule has 2 N–H and O–H groups in total. The van der Waals surface area contributed by atoms with E-state index in [0.717, 1.165) is 25.3 Å². The van der Waals surface area contributed by atoms with Crippen LogP contribution in [0, 0.1) is 5.41 Å². The average molecular weight is 247 g/mol. The second-order valence-electron chi connectivity index (χ2n) is 4.39. The third kappa shape index (κ3) is 3.62. The number of isocyanates is 1. The quantitative estimate of drug-likeness (QED) is 0.478. The highest BCUT2D eigenvalue weighted by molar-refractivity contribution is 6.02. The number of rotatable bonds is 2. The van der Waals surface area contributed by atoms with Crippen molar-refractivity contribution < 1.29 is 14.7 Å². The number of nitrogens with one attached hydrogen (secondary N) is 1. The summed E-state index contributed by atoms with van der Waals surface area (Å²) in [6, 6.07) is 9.09. The highest BCUT2D eigenvalue weighted by atomic mass is 16.3. The van der Waals surface area contributed by atoms with E-state index in [1.54, 1.807) is 12.1 Å². The minimum atomic E-state index is -1.10. The fourth-order valence-corrected chi connectivity index (χ4v) is 2.22. The van der Waals surface area contributed by atoms with Crippen LogP contribution in [0.4, 0.5) is 0 Å². The van der Waals surface area contributed by atoms with Crippen LogP contribution in [0.3, 0.4) is 0 Å². The van der Waals surface area contributed by atoms with Crippen molar-refractivity contribution in [1.29, 1.82) is 5.41 Å². The largest absolute Gasteiger partial charge is 0.382 e. The zero-order valence-corrected chi connectivity index (χ0v) is 10.2.